The van der Waals surface area contributed by atoms with Gasteiger partial charge in [0.15, 0.2) is 0 Å². The molecule has 0 aliphatic heterocycles. The van der Waals surface area contributed by atoms with Gasteiger partial charge in [0.2, 0.25) is 0 Å². The smallest absolute Gasteiger partial charge is 0.387 e. The highest BCUT2D eigenvalue weighted by Gasteiger charge is 2.24. The van der Waals surface area contributed by atoms with Crippen LogP contribution in [0.2, 0.25) is 0 Å². The average Bonchev–Trinajstić information content (AvgIpc) is 2.64. The zero-order chi connectivity index (χ0) is 15.2. The van der Waals surface area contributed by atoms with E-state index in [-0.39, 0.29) is 23.9 Å². The van der Waals surface area contributed by atoms with Gasteiger partial charge >= 0.3 is 6.61 Å². The van der Waals surface area contributed by atoms with Crippen molar-refractivity contribution in [2.45, 2.75) is 63.8 Å². The maximum atomic E-state index is 12.5. The van der Waals surface area contributed by atoms with Gasteiger partial charge in [-0.2, -0.15) is 8.78 Å². The number of nitrogens with one attached hydrogen (secondary N) is 1. The standard InChI is InChI=1S/C16H23F2NO2/c1-11(19-13-8-3-2-4-9-14(13)20)12-7-5-6-10-15(12)21-16(17)18/h5-7,10-11,13-14,16,19-20H,2-4,8-9H2,1H3. The van der Waals surface area contributed by atoms with Gasteiger partial charge in [-0.3, -0.25) is 0 Å². The Morgan fingerprint density at radius 2 is 1.90 bits per heavy atom. The summed E-state index contributed by atoms with van der Waals surface area (Å²) in [5.74, 6) is 0.190. The fraction of sp³-hybridized carbons (Fsp3) is 0.625. The van der Waals surface area contributed by atoms with Crippen LogP contribution < -0.4 is 10.1 Å². The fourth-order valence-electron chi connectivity index (χ4n) is 2.93. The predicted octanol–water partition coefficient (Wildman–Crippen LogP) is 3.63. The lowest BCUT2D eigenvalue weighted by Gasteiger charge is -2.27. The van der Waals surface area contributed by atoms with E-state index in [1.165, 1.54) is 0 Å². The normalized spacial score (nSPS) is 24.6. The highest BCUT2D eigenvalue weighted by molar-refractivity contribution is 5.35. The minimum Gasteiger partial charge on any atom is -0.434 e. The number of hydrogen-bond acceptors (Lipinski definition) is 3. The monoisotopic (exact) mass is 299 g/mol. The first-order chi connectivity index (χ1) is 10.1. The van der Waals surface area contributed by atoms with Crippen LogP contribution in [0.15, 0.2) is 24.3 Å². The van der Waals surface area contributed by atoms with Crippen molar-refractivity contribution in [2.24, 2.45) is 0 Å². The fourth-order valence-corrected chi connectivity index (χ4v) is 2.93. The molecule has 1 aromatic rings. The minimum atomic E-state index is -2.83. The maximum Gasteiger partial charge on any atom is 0.387 e. The van der Waals surface area contributed by atoms with Crippen molar-refractivity contribution < 1.29 is 18.6 Å². The third-order valence-corrected chi connectivity index (χ3v) is 4.05. The van der Waals surface area contributed by atoms with Crippen LogP contribution in [-0.2, 0) is 0 Å². The van der Waals surface area contributed by atoms with E-state index in [1.54, 1.807) is 24.3 Å². The number of hydrogen-bond donors (Lipinski definition) is 2. The molecule has 2 N–H and O–H groups in total. The van der Waals surface area contributed by atoms with E-state index in [0.717, 1.165) is 32.1 Å². The van der Waals surface area contributed by atoms with E-state index in [4.69, 9.17) is 0 Å². The molecule has 0 heterocycles. The van der Waals surface area contributed by atoms with Gasteiger partial charge in [-0.15, -0.1) is 0 Å². The molecule has 2 rings (SSSR count). The number of para-hydroxylation sites is 1. The van der Waals surface area contributed by atoms with Crippen molar-refractivity contribution in [1.82, 2.24) is 5.32 Å². The second kappa shape index (κ2) is 7.71. The Labute approximate surface area is 124 Å². The lowest BCUT2D eigenvalue weighted by atomic mass is 10.0. The third-order valence-electron chi connectivity index (χ3n) is 4.05. The first-order valence-corrected chi connectivity index (χ1v) is 7.56. The molecule has 0 spiro atoms. The second-order valence-corrected chi connectivity index (χ2v) is 5.62. The lowest BCUT2D eigenvalue weighted by molar-refractivity contribution is -0.0507. The van der Waals surface area contributed by atoms with Crippen LogP contribution in [0.1, 0.15) is 50.6 Å². The molecular formula is C16H23F2NO2. The Morgan fingerprint density at radius 3 is 2.67 bits per heavy atom. The van der Waals surface area contributed by atoms with Crippen LogP contribution in [0.4, 0.5) is 8.78 Å². The van der Waals surface area contributed by atoms with Gasteiger partial charge in [-0.05, 0) is 25.8 Å². The Morgan fingerprint density at radius 1 is 1.19 bits per heavy atom. The van der Waals surface area contributed by atoms with Gasteiger partial charge < -0.3 is 15.2 Å². The predicted molar refractivity (Wildman–Crippen MR) is 77.5 cm³/mol. The third kappa shape index (κ3) is 4.64. The molecule has 21 heavy (non-hydrogen) atoms. The van der Waals surface area contributed by atoms with Crippen molar-refractivity contribution in [3.05, 3.63) is 29.8 Å². The van der Waals surface area contributed by atoms with Crippen LogP contribution in [0.3, 0.4) is 0 Å². The molecule has 0 amide bonds. The largest absolute Gasteiger partial charge is 0.434 e. The van der Waals surface area contributed by atoms with Crippen molar-refractivity contribution >= 4 is 0 Å². The number of ether oxygens (including phenoxy) is 1. The molecule has 1 aliphatic carbocycles. The number of rotatable bonds is 5. The van der Waals surface area contributed by atoms with Crippen LogP contribution in [0, 0.1) is 0 Å². The Hall–Kier alpha value is -1.20. The van der Waals surface area contributed by atoms with Crippen molar-refractivity contribution in [1.29, 1.82) is 0 Å². The summed E-state index contributed by atoms with van der Waals surface area (Å²) in [6, 6.07) is 6.64. The number of alkyl halides is 2. The van der Waals surface area contributed by atoms with Crippen molar-refractivity contribution in [2.75, 3.05) is 0 Å². The van der Waals surface area contributed by atoms with E-state index in [0.29, 0.717) is 5.56 Å². The molecule has 3 atom stereocenters. The summed E-state index contributed by atoms with van der Waals surface area (Å²) >= 11 is 0. The highest BCUT2D eigenvalue weighted by Crippen LogP contribution is 2.28. The Kier molecular flexibility index (Phi) is 5.94. The lowest BCUT2D eigenvalue weighted by Crippen LogP contribution is -2.40. The van der Waals surface area contributed by atoms with E-state index in [2.05, 4.69) is 10.1 Å². The van der Waals surface area contributed by atoms with Gasteiger partial charge in [0.1, 0.15) is 5.75 Å². The maximum absolute atomic E-state index is 12.5. The van der Waals surface area contributed by atoms with Gasteiger partial charge in [-0.25, -0.2) is 0 Å². The summed E-state index contributed by atoms with van der Waals surface area (Å²) in [4.78, 5) is 0. The van der Waals surface area contributed by atoms with Crippen molar-refractivity contribution in [3.63, 3.8) is 0 Å². The first kappa shape index (κ1) is 16.2. The van der Waals surface area contributed by atoms with E-state index in [9.17, 15) is 13.9 Å². The second-order valence-electron chi connectivity index (χ2n) is 5.62. The van der Waals surface area contributed by atoms with Gasteiger partial charge in [0.25, 0.3) is 0 Å². The summed E-state index contributed by atoms with van der Waals surface area (Å²) in [5, 5.41) is 13.5. The quantitative estimate of drug-likeness (QED) is 0.816. The molecule has 5 heteroatoms. The van der Waals surface area contributed by atoms with Crippen LogP contribution in [0.5, 0.6) is 5.75 Å². The summed E-state index contributed by atoms with van der Waals surface area (Å²) in [7, 11) is 0. The van der Waals surface area contributed by atoms with E-state index >= 15 is 0 Å². The topological polar surface area (TPSA) is 41.5 Å². The SMILES string of the molecule is CC(NC1CCCCCC1O)c1ccccc1OC(F)F. The van der Waals surface area contributed by atoms with Crippen LogP contribution in [0.25, 0.3) is 0 Å². The van der Waals surface area contributed by atoms with Crippen molar-refractivity contribution in [3.8, 4) is 5.75 Å². The molecule has 0 bridgehead atoms. The molecule has 0 radical (unpaired) electrons. The average molecular weight is 299 g/mol. The molecular weight excluding hydrogens is 276 g/mol. The van der Waals surface area contributed by atoms with Gasteiger partial charge in [0, 0.05) is 17.6 Å². The summed E-state index contributed by atoms with van der Waals surface area (Å²) in [6.07, 6.45) is 4.57. The zero-order valence-corrected chi connectivity index (χ0v) is 12.3. The Balaban J connectivity index is 2.06. The van der Waals surface area contributed by atoms with Crippen LogP contribution in [-0.4, -0.2) is 23.9 Å². The minimum absolute atomic E-state index is 0.00195. The summed E-state index contributed by atoms with van der Waals surface area (Å²) in [6.45, 7) is -0.924. The number of benzene rings is 1. The first-order valence-electron chi connectivity index (χ1n) is 7.56. The highest BCUT2D eigenvalue weighted by atomic mass is 19.3. The number of aliphatic hydroxyl groups is 1. The number of halogens is 2. The zero-order valence-electron chi connectivity index (χ0n) is 12.3. The summed E-state index contributed by atoms with van der Waals surface area (Å²) in [5.41, 5.74) is 0.689. The molecule has 3 unspecified atom stereocenters. The van der Waals surface area contributed by atoms with Gasteiger partial charge in [0.05, 0.1) is 6.10 Å². The molecule has 1 aliphatic rings. The molecule has 1 aromatic carbocycles. The number of aliphatic hydroxyl groups excluding tert-OH is 1. The summed E-state index contributed by atoms with van der Waals surface area (Å²) < 4.78 is 29.5. The van der Waals surface area contributed by atoms with Gasteiger partial charge in [-0.1, -0.05) is 37.5 Å². The molecule has 1 saturated carbocycles. The molecule has 1 fully saturated rings. The molecule has 118 valence electrons. The molecule has 0 saturated heterocycles. The van der Waals surface area contributed by atoms with E-state index < -0.39 is 6.61 Å². The molecule has 3 nitrogen and oxygen atoms in total. The van der Waals surface area contributed by atoms with E-state index in [1.807, 2.05) is 6.92 Å². The van der Waals surface area contributed by atoms with Crippen LogP contribution >= 0.6 is 0 Å². The molecule has 0 aromatic heterocycles. The Bertz CT molecular complexity index is 442.